The second kappa shape index (κ2) is 14.5. The summed E-state index contributed by atoms with van der Waals surface area (Å²) in [7, 11) is 0. The number of thioether (sulfide) groups is 1. The van der Waals surface area contributed by atoms with Crippen LogP contribution in [0.2, 0.25) is 0 Å². The summed E-state index contributed by atoms with van der Waals surface area (Å²) < 4.78 is 0.849. The monoisotopic (exact) mass is 627 g/mol. The second-order valence-electron chi connectivity index (χ2n) is 9.23. The Labute approximate surface area is 252 Å². The van der Waals surface area contributed by atoms with Crippen LogP contribution in [0.1, 0.15) is 34.8 Å². The largest absolute Gasteiger partial charge is 0.325 e. The fourth-order valence-corrected chi connectivity index (χ4v) is 5.39. The van der Waals surface area contributed by atoms with E-state index in [1.165, 1.54) is 11.8 Å². The maximum atomic E-state index is 13.4. The van der Waals surface area contributed by atoms with Gasteiger partial charge in [-0.05, 0) is 79.1 Å². The fourth-order valence-electron chi connectivity index (χ4n) is 3.96. The molecular weight excluding hydrogens is 598 g/mol. The number of hydrogen-bond acceptors (Lipinski definition) is 4. The number of amides is 3. The topological polar surface area (TPSA) is 87.3 Å². The zero-order chi connectivity index (χ0) is 29.2. The first-order chi connectivity index (χ1) is 19.8. The van der Waals surface area contributed by atoms with Crippen molar-refractivity contribution in [3.63, 3.8) is 0 Å². The highest BCUT2D eigenvalue weighted by Crippen LogP contribution is 2.29. The van der Waals surface area contributed by atoms with Crippen LogP contribution in [0.3, 0.4) is 0 Å². The van der Waals surface area contributed by atoms with Gasteiger partial charge in [0.1, 0.15) is 5.70 Å². The molecule has 41 heavy (non-hydrogen) atoms. The summed E-state index contributed by atoms with van der Waals surface area (Å²) in [5.41, 5.74) is 3.61. The van der Waals surface area contributed by atoms with E-state index in [1.807, 2.05) is 86.6 Å². The van der Waals surface area contributed by atoms with Gasteiger partial charge in [-0.15, -0.1) is 11.8 Å². The number of anilines is 2. The Kier molecular flexibility index (Phi) is 10.5. The summed E-state index contributed by atoms with van der Waals surface area (Å²) in [6.07, 6.45) is 2.26. The Balaban J connectivity index is 1.50. The lowest BCUT2D eigenvalue weighted by atomic mass is 10.1. The van der Waals surface area contributed by atoms with Crippen molar-refractivity contribution in [1.29, 1.82) is 0 Å². The van der Waals surface area contributed by atoms with Gasteiger partial charge >= 0.3 is 0 Å². The molecule has 4 aromatic rings. The van der Waals surface area contributed by atoms with Gasteiger partial charge in [0.2, 0.25) is 5.91 Å². The lowest BCUT2D eigenvalue weighted by Crippen LogP contribution is -2.30. The highest BCUT2D eigenvalue weighted by Gasteiger charge is 2.20. The van der Waals surface area contributed by atoms with E-state index in [4.69, 9.17) is 0 Å². The van der Waals surface area contributed by atoms with Crippen molar-refractivity contribution in [3.8, 4) is 0 Å². The number of carbonyl (C=O) groups excluding carboxylic acids is 3. The molecule has 3 amide bonds. The van der Waals surface area contributed by atoms with Crippen molar-refractivity contribution < 1.29 is 14.4 Å². The summed E-state index contributed by atoms with van der Waals surface area (Å²) in [5, 5.41) is 8.35. The Bertz CT molecular complexity index is 1570. The molecule has 6 nitrogen and oxygen atoms in total. The second-order valence-corrected chi connectivity index (χ2v) is 11.4. The molecule has 8 heteroatoms. The smallest absolute Gasteiger partial charge is 0.272 e. The van der Waals surface area contributed by atoms with Crippen LogP contribution in [0.4, 0.5) is 11.4 Å². The summed E-state index contributed by atoms with van der Waals surface area (Å²) in [6, 6.07) is 31.1. The van der Waals surface area contributed by atoms with Crippen molar-refractivity contribution in [2.24, 2.45) is 0 Å². The van der Waals surface area contributed by atoms with Gasteiger partial charge in [-0.25, -0.2) is 0 Å². The van der Waals surface area contributed by atoms with Gasteiger partial charge in [-0.2, -0.15) is 0 Å². The number of halogens is 1. The number of aryl methyl sites for hydroxylation is 1. The van der Waals surface area contributed by atoms with Crippen LogP contribution < -0.4 is 16.0 Å². The van der Waals surface area contributed by atoms with Crippen molar-refractivity contribution in [2.75, 3.05) is 10.6 Å². The summed E-state index contributed by atoms with van der Waals surface area (Å²) in [4.78, 5) is 40.2. The molecule has 0 aliphatic rings. The molecule has 0 fully saturated rings. The van der Waals surface area contributed by atoms with E-state index in [-0.39, 0.29) is 16.9 Å². The third-order valence-corrected chi connectivity index (χ3v) is 7.98. The van der Waals surface area contributed by atoms with Gasteiger partial charge < -0.3 is 16.0 Å². The van der Waals surface area contributed by atoms with Crippen molar-refractivity contribution in [3.05, 3.63) is 130 Å². The van der Waals surface area contributed by atoms with Gasteiger partial charge in [0.25, 0.3) is 11.8 Å². The van der Waals surface area contributed by atoms with Gasteiger partial charge in [-0.1, -0.05) is 77.5 Å². The molecule has 0 aromatic heterocycles. The van der Waals surface area contributed by atoms with Crippen LogP contribution >= 0.6 is 27.7 Å². The van der Waals surface area contributed by atoms with E-state index in [2.05, 4.69) is 31.9 Å². The number of nitrogens with one attached hydrogen (secondary N) is 3. The van der Waals surface area contributed by atoms with E-state index in [0.29, 0.717) is 17.7 Å². The summed E-state index contributed by atoms with van der Waals surface area (Å²) >= 11 is 4.88. The van der Waals surface area contributed by atoms with E-state index >= 15 is 0 Å². The third-order valence-electron chi connectivity index (χ3n) is 6.12. The molecule has 0 aliphatic carbocycles. The molecule has 0 saturated carbocycles. The molecule has 4 rings (SSSR count). The minimum Gasteiger partial charge on any atom is -0.325 e. The average Bonchev–Trinajstić information content (AvgIpc) is 2.97. The minimum absolute atomic E-state index is 0.0795. The van der Waals surface area contributed by atoms with Crippen LogP contribution in [0.15, 0.2) is 118 Å². The summed E-state index contributed by atoms with van der Waals surface area (Å²) in [6.45, 7) is 3.92. The molecule has 0 bridgehead atoms. The number of benzene rings is 4. The molecule has 0 heterocycles. The Morgan fingerprint density at radius 1 is 0.854 bits per heavy atom. The zero-order valence-corrected chi connectivity index (χ0v) is 25.1. The van der Waals surface area contributed by atoms with Crippen molar-refractivity contribution in [1.82, 2.24) is 5.32 Å². The van der Waals surface area contributed by atoms with Gasteiger partial charge in [-0.3, -0.25) is 14.4 Å². The minimum atomic E-state index is -0.472. The standard InChI is InChI=1S/C33H30BrN3O3S/c1-3-30(33(40)36-28-18-8-7-11-22(28)2)41-27-17-10-16-26(21-27)35-32(39)29(20-23-12-9-15-25(34)19-23)37-31(38)24-13-5-4-6-14-24/h4-21,30H,3H2,1-2H3,(H,35,39)(H,36,40)(H,37,38)/b29-20+. The first-order valence-corrected chi connectivity index (χ1v) is 14.8. The number of carbonyl (C=O) groups is 3. The van der Waals surface area contributed by atoms with Gasteiger partial charge in [0.15, 0.2) is 0 Å². The highest BCUT2D eigenvalue weighted by atomic mass is 79.9. The average molecular weight is 629 g/mol. The molecule has 1 unspecified atom stereocenters. The fraction of sp³-hybridized carbons (Fsp3) is 0.121. The normalized spacial score (nSPS) is 11.8. The van der Waals surface area contributed by atoms with Crippen LogP contribution in [0, 0.1) is 6.92 Å². The SMILES string of the molecule is CCC(Sc1cccc(NC(=O)/C(=C\c2cccc(Br)c2)NC(=O)c2ccccc2)c1)C(=O)Nc1ccccc1C. The number of hydrogen-bond donors (Lipinski definition) is 3. The number of para-hydroxylation sites is 1. The van der Waals surface area contributed by atoms with Crippen LogP contribution in [-0.2, 0) is 9.59 Å². The molecule has 0 saturated heterocycles. The molecule has 3 N–H and O–H groups in total. The van der Waals surface area contributed by atoms with Crippen molar-refractivity contribution in [2.45, 2.75) is 30.4 Å². The van der Waals surface area contributed by atoms with Crippen LogP contribution in [0.5, 0.6) is 0 Å². The Morgan fingerprint density at radius 3 is 2.32 bits per heavy atom. The van der Waals surface area contributed by atoms with E-state index in [0.717, 1.165) is 26.2 Å². The molecule has 0 aliphatic heterocycles. The maximum absolute atomic E-state index is 13.4. The van der Waals surface area contributed by atoms with Gasteiger partial charge in [0, 0.05) is 26.3 Å². The molecule has 208 valence electrons. The molecular formula is C33H30BrN3O3S. The summed E-state index contributed by atoms with van der Waals surface area (Å²) in [5.74, 6) is -0.943. The first-order valence-electron chi connectivity index (χ1n) is 13.1. The Hall–Kier alpha value is -4.14. The maximum Gasteiger partial charge on any atom is 0.272 e. The lowest BCUT2D eigenvalue weighted by molar-refractivity contribution is -0.116. The highest BCUT2D eigenvalue weighted by molar-refractivity contribution is 9.10. The van der Waals surface area contributed by atoms with Crippen LogP contribution in [0.25, 0.3) is 6.08 Å². The predicted molar refractivity (Wildman–Crippen MR) is 171 cm³/mol. The third kappa shape index (κ3) is 8.67. The molecule has 0 radical (unpaired) electrons. The Morgan fingerprint density at radius 2 is 1.59 bits per heavy atom. The van der Waals surface area contributed by atoms with Crippen LogP contribution in [-0.4, -0.2) is 23.0 Å². The quantitative estimate of drug-likeness (QED) is 0.124. The zero-order valence-electron chi connectivity index (χ0n) is 22.7. The lowest BCUT2D eigenvalue weighted by Gasteiger charge is -2.17. The van der Waals surface area contributed by atoms with Crippen molar-refractivity contribution >= 4 is 62.9 Å². The molecule has 1 atom stereocenters. The first kappa shape index (κ1) is 29.8. The predicted octanol–water partition coefficient (Wildman–Crippen LogP) is 7.68. The molecule has 4 aromatic carbocycles. The van der Waals surface area contributed by atoms with Gasteiger partial charge in [0.05, 0.1) is 5.25 Å². The number of rotatable bonds is 10. The van der Waals surface area contributed by atoms with E-state index in [1.54, 1.807) is 36.4 Å². The molecule has 0 spiro atoms. The van der Waals surface area contributed by atoms with E-state index in [9.17, 15) is 14.4 Å². The van der Waals surface area contributed by atoms with E-state index < -0.39 is 11.8 Å².